The molecule has 0 unspecified atom stereocenters. The Kier molecular flexibility index (Phi) is 3.57. The highest BCUT2D eigenvalue weighted by molar-refractivity contribution is 5.78. The van der Waals surface area contributed by atoms with E-state index in [0.29, 0.717) is 13.2 Å². The number of amides is 1. The molecule has 0 saturated carbocycles. The number of hydrogen-bond donors (Lipinski definition) is 1. The number of ether oxygens (including phenoxy) is 1. The van der Waals surface area contributed by atoms with Crippen molar-refractivity contribution >= 4 is 5.91 Å². The van der Waals surface area contributed by atoms with Gasteiger partial charge < -0.3 is 14.5 Å². The molecule has 3 aromatic rings. The van der Waals surface area contributed by atoms with Crippen molar-refractivity contribution in [1.82, 2.24) is 15.1 Å². The number of fused-ring (bicyclic) bond motifs is 3. The Bertz CT molecular complexity index is 895. The van der Waals surface area contributed by atoms with E-state index in [1.54, 1.807) is 10.9 Å². The summed E-state index contributed by atoms with van der Waals surface area (Å²) in [6.07, 6.45) is 1.76. The predicted molar refractivity (Wildman–Crippen MR) is 87.3 cm³/mol. The van der Waals surface area contributed by atoms with Gasteiger partial charge in [0.05, 0.1) is 18.4 Å². The predicted octanol–water partition coefficient (Wildman–Crippen LogP) is 2.66. The quantitative estimate of drug-likeness (QED) is 0.801. The van der Waals surface area contributed by atoms with Crippen molar-refractivity contribution in [1.29, 1.82) is 0 Å². The molecule has 0 saturated heterocycles. The molecule has 2 aromatic heterocycles. The van der Waals surface area contributed by atoms with Crippen LogP contribution in [0.5, 0.6) is 5.75 Å². The first-order valence-electron chi connectivity index (χ1n) is 7.79. The van der Waals surface area contributed by atoms with Crippen molar-refractivity contribution in [2.24, 2.45) is 0 Å². The number of hydrogen-bond acceptors (Lipinski definition) is 4. The van der Waals surface area contributed by atoms with E-state index in [0.717, 1.165) is 34.1 Å². The molecule has 6 heteroatoms. The lowest BCUT2D eigenvalue weighted by Crippen LogP contribution is -2.28. The fourth-order valence-electron chi connectivity index (χ4n) is 2.86. The Labute approximate surface area is 139 Å². The van der Waals surface area contributed by atoms with Gasteiger partial charge >= 0.3 is 0 Å². The normalized spacial score (nSPS) is 12.2. The van der Waals surface area contributed by atoms with Crippen molar-refractivity contribution in [3.8, 4) is 17.0 Å². The summed E-state index contributed by atoms with van der Waals surface area (Å²) >= 11 is 0. The molecule has 6 nitrogen and oxygen atoms in total. The van der Waals surface area contributed by atoms with Gasteiger partial charge in [-0.25, -0.2) is 0 Å². The topological polar surface area (TPSA) is 69.3 Å². The number of aromatic nitrogens is 2. The first kappa shape index (κ1) is 14.6. The highest BCUT2D eigenvalue weighted by atomic mass is 16.5. The van der Waals surface area contributed by atoms with Crippen LogP contribution in [0.2, 0.25) is 0 Å². The third kappa shape index (κ3) is 2.67. The maximum absolute atomic E-state index is 12.2. The summed E-state index contributed by atoms with van der Waals surface area (Å²) in [6, 6.07) is 11.5. The molecule has 1 aliphatic heterocycles. The first-order valence-corrected chi connectivity index (χ1v) is 7.79. The van der Waals surface area contributed by atoms with Crippen molar-refractivity contribution in [3.05, 3.63) is 59.7 Å². The zero-order valence-electron chi connectivity index (χ0n) is 13.3. The third-order valence-electron chi connectivity index (χ3n) is 3.99. The number of carbonyl (C=O) groups excluding carboxylic acids is 1. The average molecular weight is 323 g/mol. The van der Waals surface area contributed by atoms with Gasteiger partial charge in [0.25, 0.3) is 0 Å². The van der Waals surface area contributed by atoms with Crippen LogP contribution in [0.1, 0.15) is 17.1 Å². The summed E-state index contributed by atoms with van der Waals surface area (Å²) < 4.78 is 12.9. The highest BCUT2D eigenvalue weighted by Crippen LogP contribution is 2.36. The van der Waals surface area contributed by atoms with E-state index in [1.165, 1.54) is 0 Å². The number of aryl methyl sites for hydroxylation is 1. The molecule has 24 heavy (non-hydrogen) atoms. The zero-order chi connectivity index (χ0) is 16.5. The summed E-state index contributed by atoms with van der Waals surface area (Å²) in [5.41, 5.74) is 2.90. The number of nitrogens with zero attached hydrogens (tertiary/aromatic N) is 2. The lowest BCUT2D eigenvalue weighted by molar-refractivity contribution is -0.122. The van der Waals surface area contributed by atoms with Crippen LogP contribution < -0.4 is 10.1 Å². The molecular weight excluding hydrogens is 306 g/mol. The minimum Gasteiger partial charge on any atom is -0.488 e. The van der Waals surface area contributed by atoms with Gasteiger partial charge in [0.1, 0.15) is 30.4 Å². The minimum absolute atomic E-state index is 0.112. The Morgan fingerprint density at radius 3 is 3.00 bits per heavy atom. The van der Waals surface area contributed by atoms with Crippen molar-refractivity contribution in [2.75, 3.05) is 0 Å². The van der Waals surface area contributed by atoms with Crippen LogP contribution in [0, 0.1) is 6.92 Å². The lowest BCUT2D eigenvalue weighted by Gasteiger charge is -2.19. The fraction of sp³-hybridized carbons (Fsp3) is 0.222. The van der Waals surface area contributed by atoms with Crippen molar-refractivity contribution < 1.29 is 13.9 Å². The van der Waals surface area contributed by atoms with Gasteiger partial charge in [-0.2, -0.15) is 5.10 Å². The van der Waals surface area contributed by atoms with Crippen LogP contribution in [0.3, 0.4) is 0 Å². The van der Waals surface area contributed by atoms with Gasteiger partial charge in [-0.3, -0.25) is 9.48 Å². The molecule has 1 aromatic carbocycles. The summed E-state index contributed by atoms with van der Waals surface area (Å²) in [5, 5.41) is 7.20. The first-order chi connectivity index (χ1) is 11.7. The molecule has 1 aliphatic rings. The molecule has 0 radical (unpaired) electrons. The summed E-state index contributed by atoms with van der Waals surface area (Å²) in [5.74, 6) is 2.27. The summed E-state index contributed by atoms with van der Waals surface area (Å²) in [6.45, 7) is 2.87. The smallest absolute Gasteiger partial charge is 0.242 e. The van der Waals surface area contributed by atoms with E-state index in [2.05, 4.69) is 10.4 Å². The molecule has 0 atom stereocenters. The molecule has 1 amide bonds. The number of rotatable bonds is 4. The minimum atomic E-state index is -0.112. The monoisotopic (exact) mass is 323 g/mol. The second-order valence-corrected chi connectivity index (χ2v) is 5.75. The molecular formula is C18H17N3O3. The van der Waals surface area contributed by atoms with E-state index >= 15 is 0 Å². The van der Waals surface area contributed by atoms with E-state index in [9.17, 15) is 4.79 Å². The maximum atomic E-state index is 12.2. The summed E-state index contributed by atoms with van der Waals surface area (Å²) in [7, 11) is 0. The molecule has 0 bridgehead atoms. The van der Waals surface area contributed by atoms with Gasteiger partial charge in [0.15, 0.2) is 0 Å². The second-order valence-electron chi connectivity index (χ2n) is 5.75. The van der Waals surface area contributed by atoms with Crippen LogP contribution in [-0.4, -0.2) is 15.7 Å². The lowest BCUT2D eigenvalue weighted by atomic mass is 10.0. The van der Waals surface area contributed by atoms with Gasteiger partial charge in [-0.1, -0.05) is 12.1 Å². The SMILES string of the molecule is Cc1ccc(CNC(=O)Cn2ncc3c2-c2ccccc2OC3)o1. The van der Waals surface area contributed by atoms with E-state index in [-0.39, 0.29) is 12.5 Å². The Balaban J connectivity index is 1.50. The van der Waals surface area contributed by atoms with Crippen LogP contribution in [0.15, 0.2) is 47.0 Å². The number of nitrogens with one attached hydrogen (secondary N) is 1. The Hall–Kier alpha value is -3.02. The molecule has 0 aliphatic carbocycles. The van der Waals surface area contributed by atoms with Crippen molar-refractivity contribution in [2.45, 2.75) is 26.6 Å². The number of carbonyl (C=O) groups is 1. The van der Waals surface area contributed by atoms with E-state index in [4.69, 9.17) is 9.15 Å². The Morgan fingerprint density at radius 2 is 2.17 bits per heavy atom. The summed E-state index contributed by atoms with van der Waals surface area (Å²) in [4.78, 5) is 12.2. The van der Waals surface area contributed by atoms with Crippen LogP contribution in [-0.2, 0) is 24.5 Å². The fourth-order valence-corrected chi connectivity index (χ4v) is 2.86. The Morgan fingerprint density at radius 1 is 1.29 bits per heavy atom. The van der Waals surface area contributed by atoms with Crippen LogP contribution >= 0.6 is 0 Å². The average Bonchev–Trinajstić information content (AvgIpc) is 3.19. The van der Waals surface area contributed by atoms with Crippen LogP contribution in [0.4, 0.5) is 0 Å². The highest BCUT2D eigenvalue weighted by Gasteiger charge is 2.22. The van der Waals surface area contributed by atoms with Crippen LogP contribution in [0.25, 0.3) is 11.3 Å². The zero-order valence-corrected chi connectivity index (χ0v) is 13.3. The number of benzene rings is 1. The van der Waals surface area contributed by atoms with Gasteiger partial charge in [-0.05, 0) is 31.2 Å². The maximum Gasteiger partial charge on any atom is 0.242 e. The van der Waals surface area contributed by atoms with Gasteiger partial charge in [0, 0.05) is 11.1 Å². The van der Waals surface area contributed by atoms with Gasteiger partial charge in [-0.15, -0.1) is 0 Å². The third-order valence-corrected chi connectivity index (χ3v) is 3.99. The van der Waals surface area contributed by atoms with Crippen molar-refractivity contribution in [3.63, 3.8) is 0 Å². The standard InChI is InChI=1S/C18H17N3O3/c1-12-6-7-14(24-12)9-19-17(22)10-21-18-13(8-20-21)11-23-16-5-3-2-4-15(16)18/h2-8H,9-11H2,1H3,(H,19,22). The number of para-hydroxylation sites is 1. The molecule has 3 heterocycles. The van der Waals surface area contributed by atoms with E-state index in [1.807, 2.05) is 43.3 Å². The molecule has 0 spiro atoms. The van der Waals surface area contributed by atoms with Gasteiger partial charge in [0.2, 0.25) is 5.91 Å². The molecule has 4 rings (SSSR count). The largest absolute Gasteiger partial charge is 0.488 e. The molecule has 1 N–H and O–H groups in total. The van der Waals surface area contributed by atoms with E-state index < -0.39 is 0 Å². The number of furan rings is 1. The molecule has 0 fully saturated rings. The second kappa shape index (κ2) is 5.88. The molecule has 122 valence electrons.